The number of halogens is 1. The summed E-state index contributed by atoms with van der Waals surface area (Å²) in [7, 11) is -1.33. The van der Waals surface area contributed by atoms with E-state index in [4.69, 9.17) is 21.1 Å². The Hall–Kier alpha value is -3.76. The summed E-state index contributed by atoms with van der Waals surface area (Å²) in [5.41, 5.74) is 1.69. The molecule has 226 valence electrons. The Morgan fingerprint density at radius 1 is 0.976 bits per heavy atom. The van der Waals surface area contributed by atoms with E-state index in [-0.39, 0.29) is 39.8 Å². The first-order chi connectivity index (χ1) is 19.9. The van der Waals surface area contributed by atoms with Gasteiger partial charge in [-0.05, 0) is 75.2 Å². The van der Waals surface area contributed by atoms with Gasteiger partial charge in [0.2, 0.25) is 11.8 Å². The molecular weight excluding hydrogens is 578 g/mol. The summed E-state index contributed by atoms with van der Waals surface area (Å²) in [6.45, 7) is 6.76. The minimum absolute atomic E-state index is 0.00753. The fourth-order valence-electron chi connectivity index (χ4n) is 4.48. The summed E-state index contributed by atoms with van der Waals surface area (Å²) in [5, 5.41) is 3.15. The molecule has 0 saturated carbocycles. The van der Waals surface area contributed by atoms with E-state index in [9.17, 15) is 18.0 Å². The second kappa shape index (κ2) is 14.4. The van der Waals surface area contributed by atoms with Crippen LogP contribution >= 0.6 is 11.6 Å². The lowest BCUT2D eigenvalue weighted by molar-refractivity contribution is -0.140. The molecule has 0 heterocycles. The number of amides is 2. The van der Waals surface area contributed by atoms with Crippen LogP contribution in [0.25, 0.3) is 0 Å². The predicted molar refractivity (Wildman–Crippen MR) is 165 cm³/mol. The van der Waals surface area contributed by atoms with Crippen molar-refractivity contribution in [2.45, 2.75) is 57.6 Å². The lowest BCUT2D eigenvalue weighted by Crippen LogP contribution is -2.53. The highest BCUT2D eigenvalue weighted by atomic mass is 35.5. The van der Waals surface area contributed by atoms with Crippen LogP contribution in [0.1, 0.15) is 38.3 Å². The van der Waals surface area contributed by atoms with Crippen LogP contribution in [0.3, 0.4) is 0 Å². The van der Waals surface area contributed by atoms with Crippen LogP contribution in [-0.4, -0.2) is 58.0 Å². The van der Waals surface area contributed by atoms with Crippen molar-refractivity contribution in [2.75, 3.05) is 25.1 Å². The fourth-order valence-corrected chi connectivity index (χ4v) is 6.06. The molecule has 0 aliphatic carbocycles. The van der Waals surface area contributed by atoms with Gasteiger partial charge in [0.25, 0.3) is 10.0 Å². The van der Waals surface area contributed by atoms with E-state index >= 15 is 0 Å². The lowest BCUT2D eigenvalue weighted by atomic mass is 10.1. The van der Waals surface area contributed by atoms with Gasteiger partial charge in [0.1, 0.15) is 24.1 Å². The quantitative estimate of drug-likeness (QED) is 0.284. The molecule has 0 aliphatic heterocycles. The minimum atomic E-state index is -4.28. The average Bonchev–Trinajstić information content (AvgIpc) is 2.95. The largest absolute Gasteiger partial charge is 0.497 e. The number of benzene rings is 3. The highest BCUT2D eigenvalue weighted by molar-refractivity contribution is 7.92. The van der Waals surface area contributed by atoms with E-state index in [0.29, 0.717) is 17.7 Å². The zero-order chi connectivity index (χ0) is 31.0. The summed E-state index contributed by atoms with van der Waals surface area (Å²) in [4.78, 5) is 28.9. The topological polar surface area (TPSA) is 105 Å². The maximum absolute atomic E-state index is 14.2. The Morgan fingerprint density at radius 3 is 2.26 bits per heavy atom. The third-order valence-corrected chi connectivity index (χ3v) is 8.61. The molecule has 11 heteroatoms. The van der Waals surface area contributed by atoms with Gasteiger partial charge in [-0.2, -0.15) is 0 Å². The Bertz CT molecular complexity index is 1490. The molecular formula is C31H38ClN3O6S. The van der Waals surface area contributed by atoms with Crippen molar-refractivity contribution >= 4 is 39.1 Å². The van der Waals surface area contributed by atoms with Crippen LogP contribution in [0.4, 0.5) is 5.69 Å². The van der Waals surface area contributed by atoms with Gasteiger partial charge in [-0.1, -0.05) is 48.4 Å². The maximum Gasteiger partial charge on any atom is 0.264 e. The molecule has 9 nitrogen and oxygen atoms in total. The standard InChI is InChI=1S/C31H38ClN3O6S/c1-7-27(31(37)33-21(2)3)34(19-23-9-8-10-25(17-23)40-5)30(36)20-35(28-18-24(32)13-16-29(28)41-6)42(38,39)26-14-11-22(4)12-15-26/h8-18,21,27H,7,19-20H2,1-6H3,(H,33,37). The number of hydrogen-bond donors (Lipinski definition) is 1. The number of nitrogens with zero attached hydrogens (tertiary/aromatic N) is 2. The first-order valence-electron chi connectivity index (χ1n) is 13.6. The second-order valence-electron chi connectivity index (χ2n) is 10.1. The van der Waals surface area contributed by atoms with Crippen LogP contribution < -0.4 is 19.1 Å². The van der Waals surface area contributed by atoms with Gasteiger partial charge in [0.15, 0.2) is 0 Å². The molecule has 1 N–H and O–H groups in total. The SMILES string of the molecule is CCC(C(=O)NC(C)C)N(Cc1cccc(OC)c1)C(=O)CN(c1cc(Cl)ccc1OC)S(=O)(=O)c1ccc(C)cc1. The summed E-state index contributed by atoms with van der Waals surface area (Å²) < 4.78 is 40.0. The van der Waals surface area contributed by atoms with Gasteiger partial charge in [0, 0.05) is 17.6 Å². The molecule has 3 rings (SSSR count). The smallest absolute Gasteiger partial charge is 0.264 e. The van der Waals surface area contributed by atoms with E-state index in [1.807, 2.05) is 26.8 Å². The Labute approximate surface area is 253 Å². The van der Waals surface area contributed by atoms with Crippen LogP contribution in [0.2, 0.25) is 5.02 Å². The van der Waals surface area contributed by atoms with E-state index in [1.165, 1.54) is 30.2 Å². The number of carbonyl (C=O) groups excluding carboxylic acids is 2. The number of anilines is 1. The second-order valence-corrected chi connectivity index (χ2v) is 12.4. The van der Waals surface area contributed by atoms with Crippen LogP contribution in [0.5, 0.6) is 11.5 Å². The van der Waals surface area contributed by atoms with E-state index in [2.05, 4.69) is 5.32 Å². The number of nitrogens with one attached hydrogen (secondary N) is 1. The molecule has 0 saturated heterocycles. The van der Waals surface area contributed by atoms with Crippen molar-refractivity contribution in [1.29, 1.82) is 0 Å². The normalized spacial score (nSPS) is 12.0. The van der Waals surface area contributed by atoms with E-state index in [0.717, 1.165) is 9.87 Å². The van der Waals surface area contributed by atoms with Gasteiger partial charge in [-0.25, -0.2) is 8.42 Å². The lowest BCUT2D eigenvalue weighted by Gasteiger charge is -2.34. The first kappa shape index (κ1) is 32.8. The zero-order valence-corrected chi connectivity index (χ0v) is 26.3. The zero-order valence-electron chi connectivity index (χ0n) is 24.8. The number of methoxy groups -OCH3 is 2. The van der Waals surface area contributed by atoms with Crippen molar-refractivity contribution in [2.24, 2.45) is 0 Å². The number of carbonyl (C=O) groups is 2. The molecule has 0 aromatic heterocycles. The molecule has 42 heavy (non-hydrogen) atoms. The highest BCUT2D eigenvalue weighted by Gasteiger charge is 2.35. The van der Waals surface area contributed by atoms with Crippen LogP contribution in [0, 0.1) is 6.92 Å². The Balaban J connectivity index is 2.14. The van der Waals surface area contributed by atoms with E-state index < -0.39 is 28.5 Å². The molecule has 1 atom stereocenters. The molecule has 0 spiro atoms. The van der Waals surface area contributed by atoms with Crippen molar-refractivity contribution in [3.05, 3.63) is 82.9 Å². The first-order valence-corrected chi connectivity index (χ1v) is 15.4. The molecule has 0 radical (unpaired) electrons. The molecule has 3 aromatic carbocycles. The molecule has 1 unspecified atom stereocenters. The molecule has 0 fully saturated rings. The van der Waals surface area contributed by atoms with E-state index in [1.54, 1.807) is 56.5 Å². The summed E-state index contributed by atoms with van der Waals surface area (Å²) in [5.74, 6) is -0.114. The van der Waals surface area contributed by atoms with Gasteiger partial charge >= 0.3 is 0 Å². The fraction of sp³-hybridized carbons (Fsp3) is 0.355. The highest BCUT2D eigenvalue weighted by Crippen LogP contribution is 2.35. The van der Waals surface area contributed by atoms with Crippen LogP contribution in [-0.2, 0) is 26.2 Å². The molecule has 0 bridgehead atoms. The third-order valence-electron chi connectivity index (χ3n) is 6.60. The van der Waals surface area contributed by atoms with Gasteiger partial charge < -0.3 is 19.7 Å². The van der Waals surface area contributed by atoms with Crippen molar-refractivity contribution in [3.63, 3.8) is 0 Å². The summed E-state index contributed by atoms with van der Waals surface area (Å²) in [6.07, 6.45) is 0.305. The number of aryl methyl sites for hydroxylation is 1. The number of ether oxygens (including phenoxy) is 2. The minimum Gasteiger partial charge on any atom is -0.497 e. The van der Waals surface area contributed by atoms with Crippen molar-refractivity contribution in [3.8, 4) is 11.5 Å². The summed E-state index contributed by atoms with van der Waals surface area (Å²) in [6, 6.07) is 17.0. The average molecular weight is 616 g/mol. The Morgan fingerprint density at radius 2 is 1.67 bits per heavy atom. The third kappa shape index (κ3) is 7.95. The van der Waals surface area contributed by atoms with Crippen molar-refractivity contribution < 1.29 is 27.5 Å². The maximum atomic E-state index is 14.2. The number of rotatable bonds is 13. The van der Waals surface area contributed by atoms with Crippen LogP contribution in [0.15, 0.2) is 71.6 Å². The number of sulfonamides is 1. The van der Waals surface area contributed by atoms with Crippen molar-refractivity contribution in [1.82, 2.24) is 10.2 Å². The Kier molecular flexibility index (Phi) is 11.2. The van der Waals surface area contributed by atoms with Gasteiger partial charge in [0.05, 0.1) is 24.8 Å². The van der Waals surface area contributed by atoms with Gasteiger partial charge in [-0.3, -0.25) is 13.9 Å². The number of hydrogen-bond acceptors (Lipinski definition) is 6. The van der Waals surface area contributed by atoms with Gasteiger partial charge in [-0.15, -0.1) is 0 Å². The molecule has 2 amide bonds. The molecule has 3 aromatic rings. The summed E-state index contributed by atoms with van der Waals surface area (Å²) >= 11 is 6.30. The molecule has 0 aliphatic rings. The monoisotopic (exact) mass is 615 g/mol. The predicted octanol–water partition coefficient (Wildman–Crippen LogP) is 5.19.